The topological polar surface area (TPSA) is 32.8 Å². The number of hydrogen-bond acceptors (Lipinski definition) is 4. The van der Waals surface area contributed by atoms with E-state index < -0.39 is 0 Å². The van der Waals surface area contributed by atoms with Crippen LogP contribution in [-0.4, -0.2) is 0 Å². The summed E-state index contributed by atoms with van der Waals surface area (Å²) >= 11 is 0. The lowest BCUT2D eigenvalue weighted by molar-refractivity contribution is 0.657. The lowest BCUT2D eigenvalue weighted by Gasteiger charge is -2.28. The molecule has 0 spiro atoms. The van der Waals surface area contributed by atoms with Gasteiger partial charge < -0.3 is 18.6 Å². The van der Waals surface area contributed by atoms with Gasteiger partial charge in [0.05, 0.1) is 0 Å². The van der Waals surface area contributed by atoms with E-state index in [0.717, 1.165) is 111 Å². The molecule has 10 aromatic carbocycles. The lowest BCUT2D eigenvalue weighted by atomic mass is 9.93. The van der Waals surface area contributed by atoms with Crippen molar-refractivity contribution in [1.82, 2.24) is 0 Å². The Morgan fingerprint density at radius 2 is 0.611 bits per heavy atom. The molecule has 0 saturated carbocycles. The Hall–Kier alpha value is -8.08. The molecule has 354 valence electrons. The predicted octanol–water partition coefficient (Wildman–Crippen LogP) is 20.1. The number of fused-ring (bicyclic) bond motifs is 8. The van der Waals surface area contributed by atoms with Crippen molar-refractivity contribution in [3.8, 4) is 11.1 Å². The number of anilines is 6. The van der Waals surface area contributed by atoms with Crippen molar-refractivity contribution >= 4 is 99.5 Å². The number of rotatable bonds is 7. The highest BCUT2D eigenvalue weighted by Crippen LogP contribution is 2.48. The van der Waals surface area contributed by atoms with Crippen LogP contribution in [0.1, 0.15) is 66.8 Å². The minimum absolute atomic E-state index is 0.804. The van der Waals surface area contributed by atoms with Gasteiger partial charge in [-0.15, -0.1) is 0 Å². The van der Waals surface area contributed by atoms with Gasteiger partial charge >= 0.3 is 0 Å². The molecule has 0 bridgehead atoms. The van der Waals surface area contributed by atoms with Crippen molar-refractivity contribution in [3.05, 3.63) is 212 Å². The zero-order valence-electron chi connectivity index (χ0n) is 43.6. The Labute approximate surface area is 422 Å². The normalized spacial score (nSPS) is 11.9. The van der Waals surface area contributed by atoms with Gasteiger partial charge in [-0.3, -0.25) is 0 Å². The zero-order chi connectivity index (χ0) is 50.0. The van der Waals surface area contributed by atoms with Crippen LogP contribution in [0.4, 0.5) is 34.1 Å². The highest BCUT2D eigenvalue weighted by atomic mass is 16.3. The molecule has 0 radical (unpaired) electrons. The third-order valence-corrected chi connectivity index (χ3v) is 16.3. The molecule has 4 nitrogen and oxygen atoms in total. The van der Waals surface area contributed by atoms with Crippen molar-refractivity contribution in [2.75, 3.05) is 9.80 Å². The zero-order valence-corrected chi connectivity index (χ0v) is 43.6. The second-order valence-corrected chi connectivity index (χ2v) is 20.8. The first kappa shape index (κ1) is 45.1. The molecule has 0 fully saturated rings. The van der Waals surface area contributed by atoms with Gasteiger partial charge in [0.15, 0.2) is 0 Å². The van der Waals surface area contributed by atoms with E-state index in [1.54, 1.807) is 0 Å². The molecule has 0 unspecified atom stereocenters. The Morgan fingerprint density at radius 3 is 0.944 bits per heavy atom. The van der Waals surface area contributed by atoms with Crippen LogP contribution in [0.25, 0.3) is 76.5 Å². The van der Waals surface area contributed by atoms with Crippen LogP contribution in [0.15, 0.2) is 154 Å². The fourth-order valence-electron chi connectivity index (χ4n) is 11.3. The van der Waals surface area contributed by atoms with Crippen molar-refractivity contribution < 1.29 is 8.83 Å². The molecule has 12 rings (SSSR count). The maximum Gasteiger partial charge on any atom is 0.139 e. The first-order valence-electron chi connectivity index (χ1n) is 25.3. The van der Waals surface area contributed by atoms with Crippen LogP contribution in [0.2, 0.25) is 0 Å². The molecule has 0 aliphatic heterocycles. The Morgan fingerprint density at radius 1 is 0.278 bits per heavy atom. The van der Waals surface area contributed by atoms with E-state index >= 15 is 0 Å². The first-order valence-corrected chi connectivity index (χ1v) is 25.3. The van der Waals surface area contributed by atoms with Crippen LogP contribution in [0.3, 0.4) is 0 Å². The monoisotopic (exact) mass is 936 g/mol. The summed E-state index contributed by atoms with van der Waals surface area (Å²) in [6, 6.07) is 54.2. The lowest BCUT2D eigenvalue weighted by Crippen LogP contribution is -2.12. The average Bonchev–Trinajstić information content (AvgIpc) is 3.89. The summed E-state index contributed by atoms with van der Waals surface area (Å²) in [5, 5.41) is 8.89. The summed E-state index contributed by atoms with van der Waals surface area (Å²) in [7, 11) is 0. The van der Waals surface area contributed by atoms with E-state index in [-0.39, 0.29) is 0 Å². The molecule has 0 aliphatic rings. The maximum absolute atomic E-state index is 6.96. The highest BCUT2D eigenvalue weighted by Gasteiger charge is 2.24. The van der Waals surface area contributed by atoms with Gasteiger partial charge in [0.2, 0.25) is 0 Å². The third kappa shape index (κ3) is 7.26. The van der Waals surface area contributed by atoms with Gasteiger partial charge in [-0.1, -0.05) is 42.5 Å². The van der Waals surface area contributed by atoms with E-state index in [9.17, 15) is 0 Å². The van der Waals surface area contributed by atoms with Crippen LogP contribution >= 0.6 is 0 Å². The molecular formula is C68H60N2O2. The van der Waals surface area contributed by atoms with Gasteiger partial charge in [0.1, 0.15) is 22.3 Å². The number of nitrogens with zero attached hydrogens (tertiary/aromatic N) is 2. The minimum atomic E-state index is 0.804. The molecule has 0 atom stereocenters. The average molecular weight is 937 g/mol. The molecule has 2 heterocycles. The van der Waals surface area contributed by atoms with E-state index in [4.69, 9.17) is 8.83 Å². The fourth-order valence-corrected chi connectivity index (χ4v) is 11.3. The largest absolute Gasteiger partial charge is 0.456 e. The van der Waals surface area contributed by atoms with Gasteiger partial charge in [0.25, 0.3) is 0 Å². The second kappa shape index (κ2) is 16.8. The molecule has 12 aromatic rings. The Bertz CT molecular complexity index is 3780. The quantitative estimate of drug-likeness (QED) is 0.159. The maximum atomic E-state index is 6.96. The van der Waals surface area contributed by atoms with Gasteiger partial charge in [-0.25, -0.2) is 0 Å². The minimum Gasteiger partial charge on any atom is -0.456 e. The molecule has 72 heavy (non-hydrogen) atoms. The van der Waals surface area contributed by atoms with Crippen molar-refractivity contribution in [2.45, 2.75) is 83.1 Å². The van der Waals surface area contributed by atoms with Crippen LogP contribution in [-0.2, 0) is 0 Å². The van der Waals surface area contributed by atoms with E-state index in [2.05, 4.69) is 238 Å². The molecule has 0 N–H and O–H groups in total. The SMILES string of the molecule is Cc1cc(N(c2cc(C)c(C)c(C)c2)c2ccc3cc4c(cc3c2)oc2cc3oc5cc6cc(N(c7cc(C)c(C)c(C)c7)c7cc(C)c(C)c(C)c7)ccc6cc5c3c(-c3ccccc3)c24)cc(C)c1C. The summed E-state index contributed by atoms with van der Waals surface area (Å²) < 4.78 is 13.9. The summed E-state index contributed by atoms with van der Waals surface area (Å²) in [5.41, 5.74) is 27.9. The Kier molecular flexibility index (Phi) is 10.5. The van der Waals surface area contributed by atoms with Crippen LogP contribution in [0.5, 0.6) is 0 Å². The fraction of sp³-hybridized carbons (Fsp3) is 0.176. The van der Waals surface area contributed by atoms with Gasteiger partial charge in [0, 0.05) is 67.3 Å². The second-order valence-electron chi connectivity index (χ2n) is 20.8. The Balaban J connectivity index is 1.03. The van der Waals surface area contributed by atoms with Crippen molar-refractivity contribution in [1.29, 1.82) is 0 Å². The summed E-state index contributed by atoms with van der Waals surface area (Å²) in [6.45, 7) is 26.6. The summed E-state index contributed by atoms with van der Waals surface area (Å²) in [5.74, 6) is 0. The van der Waals surface area contributed by atoms with Gasteiger partial charge in [-0.2, -0.15) is 0 Å². The molecular weight excluding hydrogens is 877 g/mol. The smallest absolute Gasteiger partial charge is 0.139 e. The molecule has 0 amide bonds. The summed E-state index contributed by atoms with van der Waals surface area (Å²) in [6.07, 6.45) is 0. The predicted molar refractivity (Wildman–Crippen MR) is 308 cm³/mol. The summed E-state index contributed by atoms with van der Waals surface area (Å²) in [4.78, 5) is 4.82. The number of benzene rings is 10. The van der Waals surface area contributed by atoms with Gasteiger partial charge in [-0.05, 0) is 274 Å². The third-order valence-electron chi connectivity index (χ3n) is 16.3. The van der Waals surface area contributed by atoms with Crippen LogP contribution in [0, 0.1) is 83.1 Å². The molecule has 0 aliphatic carbocycles. The number of hydrogen-bond donors (Lipinski definition) is 0. The van der Waals surface area contributed by atoms with E-state index in [0.29, 0.717) is 0 Å². The van der Waals surface area contributed by atoms with Crippen molar-refractivity contribution in [3.63, 3.8) is 0 Å². The van der Waals surface area contributed by atoms with E-state index in [1.165, 1.54) is 66.8 Å². The number of aryl methyl sites for hydroxylation is 8. The van der Waals surface area contributed by atoms with Crippen molar-refractivity contribution in [2.24, 2.45) is 0 Å². The van der Waals surface area contributed by atoms with Crippen LogP contribution < -0.4 is 9.80 Å². The van der Waals surface area contributed by atoms with E-state index in [1.807, 2.05) is 0 Å². The molecule has 4 heteroatoms. The first-order chi connectivity index (χ1) is 34.6. The standard InChI is InChI=1S/C68H60N2O2/c1-37-22-56(23-38(2)45(37)9)69(57-24-39(3)46(10)40(4)25-57)54-20-18-50-32-60-62(34-52(50)30-54)71-64-36-65-68(66(67(60)64)49-16-14-13-15-17-49)61-33-51-19-21-55(31-53(51)35-63(61)72-65)70(58-26-41(5)47(11)42(6)27-58)59-28-43(7)48(12)44(8)29-59/h13-36H,1-12H3. The molecule has 0 saturated heterocycles. The number of furan rings is 2. The highest BCUT2D eigenvalue weighted by molar-refractivity contribution is 6.27. The molecule has 2 aromatic heterocycles.